The van der Waals surface area contributed by atoms with E-state index in [-0.39, 0.29) is 0 Å². The second kappa shape index (κ2) is 5.07. The van der Waals surface area contributed by atoms with Gasteiger partial charge in [0.15, 0.2) is 4.77 Å². The zero-order chi connectivity index (χ0) is 14.3. The molecule has 102 valence electrons. The van der Waals surface area contributed by atoms with Crippen LogP contribution >= 0.6 is 28.1 Å². The van der Waals surface area contributed by atoms with E-state index in [4.69, 9.17) is 17.0 Å². The van der Waals surface area contributed by atoms with Crippen LogP contribution in [0.1, 0.15) is 5.56 Å². The van der Waals surface area contributed by atoms with Gasteiger partial charge in [-0.1, -0.05) is 15.9 Å². The average molecular weight is 349 g/mol. The molecule has 1 aromatic heterocycles. The summed E-state index contributed by atoms with van der Waals surface area (Å²) in [5.41, 5.74) is 4.23. The molecule has 20 heavy (non-hydrogen) atoms. The van der Waals surface area contributed by atoms with Gasteiger partial charge in [0.2, 0.25) is 0 Å². The van der Waals surface area contributed by atoms with Crippen LogP contribution in [0.15, 0.2) is 40.9 Å². The number of aromatic nitrogens is 2. The number of rotatable bonds is 2. The third-order valence-electron chi connectivity index (χ3n) is 3.29. The van der Waals surface area contributed by atoms with Gasteiger partial charge in [-0.05, 0) is 55.0 Å². The first-order valence-corrected chi connectivity index (χ1v) is 7.35. The Balaban J connectivity index is 2.27. The fourth-order valence-electron chi connectivity index (χ4n) is 2.24. The number of aromatic amines is 1. The maximum Gasteiger partial charge on any atom is 0.182 e. The standard InChI is InChI=1S/C15H13BrN2OS/c1-9-7-10(3-5-12(9)16)18-14-6-4-11(19-2)8-13(14)17-15(18)20/h3-8H,1-2H3,(H,17,20). The Bertz CT molecular complexity index is 851. The molecule has 0 aliphatic heterocycles. The monoisotopic (exact) mass is 348 g/mol. The summed E-state index contributed by atoms with van der Waals surface area (Å²) in [4.78, 5) is 3.22. The molecule has 0 spiro atoms. The minimum absolute atomic E-state index is 0.676. The Labute approximate surface area is 130 Å². The highest BCUT2D eigenvalue weighted by atomic mass is 79.9. The molecular formula is C15H13BrN2OS. The summed E-state index contributed by atoms with van der Waals surface area (Å²) in [5, 5.41) is 0. The van der Waals surface area contributed by atoms with Crippen molar-refractivity contribution in [3.63, 3.8) is 0 Å². The van der Waals surface area contributed by atoms with E-state index < -0.39 is 0 Å². The third kappa shape index (κ3) is 2.17. The molecule has 0 fully saturated rings. The molecular weight excluding hydrogens is 336 g/mol. The second-order valence-corrected chi connectivity index (χ2v) is 5.82. The van der Waals surface area contributed by atoms with Crippen LogP contribution in [0.4, 0.5) is 0 Å². The maximum atomic E-state index is 5.45. The van der Waals surface area contributed by atoms with Gasteiger partial charge in [0.25, 0.3) is 0 Å². The van der Waals surface area contributed by atoms with Gasteiger partial charge in [0, 0.05) is 16.2 Å². The molecule has 0 amide bonds. The van der Waals surface area contributed by atoms with Crippen molar-refractivity contribution < 1.29 is 4.74 Å². The highest BCUT2D eigenvalue weighted by molar-refractivity contribution is 9.10. The number of imidazole rings is 1. The van der Waals surface area contributed by atoms with Crippen LogP contribution in [0.5, 0.6) is 5.75 Å². The highest BCUT2D eigenvalue weighted by Gasteiger charge is 2.08. The van der Waals surface area contributed by atoms with Crippen molar-refractivity contribution >= 4 is 39.2 Å². The van der Waals surface area contributed by atoms with E-state index in [1.165, 1.54) is 5.56 Å². The third-order valence-corrected chi connectivity index (χ3v) is 4.46. The first-order valence-electron chi connectivity index (χ1n) is 6.15. The Morgan fingerprint density at radius 3 is 2.70 bits per heavy atom. The first kappa shape index (κ1) is 13.4. The quantitative estimate of drug-likeness (QED) is 0.676. The molecule has 0 bridgehead atoms. The number of fused-ring (bicyclic) bond motifs is 1. The first-order chi connectivity index (χ1) is 9.60. The Kier molecular flexibility index (Phi) is 3.40. The lowest BCUT2D eigenvalue weighted by Crippen LogP contribution is -1.94. The number of benzene rings is 2. The van der Waals surface area contributed by atoms with E-state index in [1.54, 1.807) is 7.11 Å². The van der Waals surface area contributed by atoms with Crippen molar-refractivity contribution in [3.05, 3.63) is 51.2 Å². The number of nitrogens with zero attached hydrogens (tertiary/aromatic N) is 1. The molecule has 0 aliphatic carbocycles. The summed E-state index contributed by atoms with van der Waals surface area (Å²) in [6, 6.07) is 12.1. The number of methoxy groups -OCH3 is 1. The molecule has 3 nitrogen and oxygen atoms in total. The summed E-state index contributed by atoms with van der Waals surface area (Å²) in [7, 11) is 1.66. The molecule has 5 heteroatoms. The van der Waals surface area contributed by atoms with Crippen LogP contribution in [-0.4, -0.2) is 16.7 Å². The number of nitrogens with one attached hydrogen (secondary N) is 1. The summed E-state index contributed by atoms with van der Waals surface area (Å²) >= 11 is 8.97. The van der Waals surface area contributed by atoms with Crippen LogP contribution in [0.3, 0.4) is 0 Å². The van der Waals surface area contributed by atoms with E-state index >= 15 is 0 Å². The minimum atomic E-state index is 0.676. The molecule has 0 saturated heterocycles. The molecule has 3 aromatic rings. The van der Waals surface area contributed by atoms with Gasteiger partial charge >= 0.3 is 0 Å². The van der Waals surface area contributed by atoms with Crippen LogP contribution in [0, 0.1) is 11.7 Å². The van der Waals surface area contributed by atoms with Crippen molar-refractivity contribution in [2.24, 2.45) is 0 Å². The minimum Gasteiger partial charge on any atom is -0.497 e. The molecule has 0 radical (unpaired) electrons. The summed E-state index contributed by atoms with van der Waals surface area (Å²) < 4.78 is 9.04. The predicted molar refractivity (Wildman–Crippen MR) is 87.4 cm³/mol. The van der Waals surface area contributed by atoms with Crippen LogP contribution in [0.2, 0.25) is 0 Å². The fraction of sp³-hybridized carbons (Fsp3) is 0.133. The van der Waals surface area contributed by atoms with E-state index in [0.717, 1.165) is 26.9 Å². The number of halogens is 1. The smallest absolute Gasteiger partial charge is 0.182 e. The topological polar surface area (TPSA) is 29.9 Å². The second-order valence-electron chi connectivity index (χ2n) is 4.58. The fourth-order valence-corrected chi connectivity index (χ4v) is 2.80. The van der Waals surface area contributed by atoms with Gasteiger partial charge in [-0.2, -0.15) is 0 Å². The molecule has 3 rings (SSSR count). The van der Waals surface area contributed by atoms with E-state index in [2.05, 4.69) is 33.9 Å². The SMILES string of the molecule is COc1ccc2c(c1)[nH]c(=S)n2-c1ccc(Br)c(C)c1. The molecule has 0 aliphatic rings. The number of hydrogen-bond donors (Lipinski definition) is 1. The largest absolute Gasteiger partial charge is 0.497 e. The molecule has 0 atom stereocenters. The number of aryl methyl sites for hydroxylation is 1. The van der Waals surface area contributed by atoms with Crippen LogP contribution in [0.25, 0.3) is 16.7 Å². The van der Waals surface area contributed by atoms with Gasteiger partial charge in [0.1, 0.15) is 5.75 Å². The van der Waals surface area contributed by atoms with Gasteiger partial charge < -0.3 is 9.72 Å². The zero-order valence-electron chi connectivity index (χ0n) is 11.1. The summed E-state index contributed by atoms with van der Waals surface area (Å²) in [6.07, 6.45) is 0. The Morgan fingerprint density at radius 1 is 1.20 bits per heavy atom. The van der Waals surface area contributed by atoms with Crippen LogP contribution in [-0.2, 0) is 0 Å². The molecule has 1 heterocycles. The Hall–Kier alpha value is -1.59. The lowest BCUT2D eigenvalue weighted by atomic mass is 10.2. The summed E-state index contributed by atoms with van der Waals surface area (Å²) in [5.74, 6) is 0.813. The lowest BCUT2D eigenvalue weighted by Gasteiger charge is -2.07. The highest BCUT2D eigenvalue weighted by Crippen LogP contribution is 2.26. The molecule has 0 unspecified atom stereocenters. The zero-order valence-corrected chi connectivity index (χ0v) is 13.5. The van der Waals surface area contributed by atoms with Gasteiger partial charge in [-0.25, -0.2) is 0 Å². The van der Waals surface area contributed by atoms with Gasteiger partial charge in [0.05, 0.1) is 18.1 Å². The van der Waals surface area contributed by atoms with Gasteiger partial charge in [-0.3, -0.25) is 4.57 Å². The molecule has 2 aromatic carbocycles. The van der Waals surface area contributed by atoms with Gasteiger partial charge in [-0.15, -0.1) is 0 Å². The van der Waals surface area contributed by atoms with Crippen LogP contribution < -0.4 is 4.74 Å². The molecule has 1 N–H and O–H groups in total. The van der Waals surface area contributed by atoms with Crippen molar-refractivity contribution in [2.75, 3.05) is 7.11 Å². The number of hydrogen-bond acceptors (Lipinski definition) is 2. The van der Waals surface area contributed by atoms with E-state index in [0.29, 0.717) is 4.77 Å². The molecule has 0 saturated carbocycles. The Morgan fingerprint density at radius 2 is 2.00 bits per heavy atom. The maximum absolute atomic E-state index is 5.45. The van der Waals surface area contributed by atoms with E-state index in [9.17, 15) is 0 Å². The summed E-state index contributed by atoms with van der Waals surface area (Å²) in [6.45, 7) is 2.06. The normalized spacial score (nSPS) is 10.9. The van der Waals surface area contributed by atoms with Crippen molar-refractivity contribution in [2.45, 2.75) is 6.92 Å². The average Bonchev–Trinajstić information content (AvgIpc) is 2.76. The lowest BCUT2D eigenvalue weighted by molar-refractivity contribution is 0.415. The van der Waals surface area contributed by atoms with Crippen molar-refractivity contribution in [1.82, 2.24) is 9.55 Å². The number of H-pyrrole nitrogens is 1. The number of ether oxygens (including phenoxy) is 1. The predicted octanol–water partition coefficient (Wildman–Crippen LogP) is 4.77. The van der Waals surface area contributed by atoms with Crippen molar-refractivity contribution in [3.8, 4) is 11.4 Å². The van der Waals surface area contributed by atoms with E-state index in [1.807, 2.05) is 34.9 Å². The van der Waals surface area contributed by atoms with Crippen molar-refractivity contribution in [1.29, 1.82) is 0 Å².